The van der Waals surface area contributed by atoms with E-state index in [1.165, 1.54) is 0 Å². The lowest BCUT2D eigenvalue weighted by Gasteiger charge is -2.05. The highest BCUT2D eigenvalue weighted by Gasteiger charge is 2.01. The van der Waals surface area contributed by atoms with Crippen LogP contribution in [0, 0.1) is 0 Å². The van der Waals surface area contributed by atoms with Crippen molar-refractivity contribution < 1.29 is 17.3 Å². The molecule has 1 rings (SSSR count). The molecule has 0 saturated carbocycles. The van der Waals surface area contributed by atoms with Gasteiger partial charge in [0, 0.05) is 5.02 Å². The molecule has 0 amide bonds. The number of ether oxygens (including phenoxy) is 1. The van der Waals surface area contributed by atoms with Gasteiger partial charge in [-0.25, -0.2) is 0 Å². The van der Waals surface area contributed by atoms with Gasteiger partial charge in [-0.15, -0.1) is 0 Å². The Morgan fingerprint density at radius 2 is 2.07 bits per heavy atom. The third kappa shape index (κ3) is 5.61. The van der Waals surface area contributed by atoms with E-state index in [0.717, 1.165) is 6.26 Å². The molecule has 0 radical (unpaired) electrons. The molecule has 0 fully saturated rings. The summed E-state index contributed by atoms with van der Waals surface area (Å²) in [6, 6.07) is 6.84. The average molecular weight is 251 g/mol. The second kappa shape index (κ2) is 5.34. The molecule has 0 aliphatic heterocycles. The predicted molar refractivity (Wildman–Crippen MR) is 57.7 cm³/mol. The molecule has 0 aliphatic rings. The van der Waals surface area contributed by atoms with Crippen LogP contribution in [0.4, 0.5) is 0 Å². The van der Waals surface area contributed by atoms with Crippen LogP contribution in [0.15, 0.2) is 24.3 Å². The normalized spacial score (nSPS) is 11.3. The van der Waals surface area contributed by atoms with Crippen LogP contribution in [-0.2, 0) is 14.3 Å². The second-order valence-corrected chi connectivity index (χ2v) is 4.91. The first kappa shape index (κ1) is 12.3. The average Bonchev–Trinajstić information content (AvgIpc) is 2.11. The molecule has 15 heavy (non-hydrogen) atoms. The molecular formula is C9H11ClO4S. The Morgan fingerprint density at radius 1 is 1.33 bits per heavy atom. The van der Waals surface area contributed by atoms with Gasteiger partial charge in [-0.3, -0.25) is 4.18 Å². The van der Waals surface area contributed by atoms with Crippen molar-refractivity contribution in [3.05, 3.63) is 29.3 Å². The molecule has 0 atom stereocenters. The van der Waals surface area contributed by atoms with E-state index in [1.54, 1.807) is 24.3 Å². The van der Waals surface area contributed by atoms with Crippen LogP contribution in [-0.4, -0.2) is 27.9 Å². The van der Waals surface area contributed by atoms with Crippen LogP contribution in [0.2, 0.25) is 5.02 Å². The number of halogens is 1. The largest absolute Gasteiger partial charge is 0.491 e. The van der Waals surface area contributed by atoms with Gasteiger partial charge in [-0.1, -0.05) is 17.7 Å². The number of hydrogen-bond acceptors (Lipinski definition) is 4. The molecule has 6 heteroatoms. The predicted octanol–water partition coefficient (Wildman–Crippen LogP) is 1.70. The molecular weight excluding hydrogens is 240 g/mol. The minimum absolute atomic E-state index is 0.00858. The molecule has 1 aromatic carbocycles. The summed E-state index contributed by atoms with van der Waals surface area (Å²) in [7, 11) is -3.39. The summed E-state index contributed by atoms with van der Waals surface area (Å²) in [5.41, 5.74) is 0. The van der Waals surface area contributed by atoms with Crippen LogP contribution >= 0.6 is 11.6 Å². The number of benzene rings is 1. The highest BCUT2D eigenvalue weighted by Crippen LogP contribution is 2.16. The third-order valence-corrected chi connectivity index (χ3v) is 2.28. The maximum Gasteiger partial charge on any atom is 0.264 e. The summed E-state index contributed by atoms with van der Waals surface area (Å²) >= 11 is 5.72. The minimum Gasteiger partial charge on any atom is -0.491 e. The lowest BCUT2D eigenvalue weighted by atomic mass is 10.3. The van der Waals surface area contributed by atoms with Crippen molar-refractivity contribution >= 4 is 21.7 Å². The zero-order valence-electron chi connectivity index (χ0n) is 8.14. The summed E-state index contributed by atoms with van der Waals surface area (Å²) in [6.45, 7) is 0.152. The molecule has 84 valence electrons. The van der Waals surface area contributed by atoms with Crippen molar-refractivity contribution in [1.29, 1.82) is 0 Å². The Bertz CT molecular complexity index is 416. The highest BCUT2D eigenvalue weighted by atomic mass is 35.5. The molecule has 0 aromatic heterocycles. The van der Waals surface area contributed by atoms with Crippen molar-refractivity contribution in [2.45, 2.75) is 0 Å². The van der Waals surface area contributed by atoms with Gasteiger partial charge in [0.15, 0.2) is 0 Å². The van der Waals surface area contributed by atoms with Crippen LogP contribution in [0.3, 0.4) is 0 Å². The van der Waals surface area contributed by atoms with Crippen LogP contribution < -0.4 is 4.74 Å². The van der Waals surface area contributed by atoms with Gasteiger partial charge >= 0.3 is 0 Å². The van der Waals surface area contributed by atoms with E-state index >= 15 is 0 Å². The van der Waals surface area contributed by atoms with Crippen LogP contribution in [0.1, 0.15) is 0 Å². The fraction of sp³-hybridized carbons (Fsp3) is 0.333. The quantitative estimate of drug-likeness (QED) is 0.590. The molecule has 0 N–H and O–H groups in total. The number of rotatable bonds is 5. The highest BCUT2D eigenvalue weighted by molar-refractivity contribution is 7.85. The Hall–Kier alpha value is -0.780. The summed E-state index contributed by atoms with van der Waals surface area (Å²) < 4.78 is 30.9. The molecule has 0 aliphatic carbocycles. The SMILES string of the molecule is CS(=O)(=O)OCCOc1cccc(Cl)c1. The standard InChI is InChI=1S/C9H11ClO4S/c1-15(11,12)14-6-5-13-9-4-2-3-8(10)7-9/h2-4,7H,5-6H2,1H3. The fourth-order valence-electron chi connectivity index (χ4n) is 0.902. The van der Waals surface area contributed by atoms with Gasteiger partial charge < -0.3 is 4.74 Å². The van der Waals surface area contributed by atoms with Crippen molar-refractivity contribution in [3.8, 4) is 5.75 Å². The van der Waals surface area contributed by atoms with Crippen molar-refractivity contribution in [2.24, 2.45) is 0 Å². The molecule has 0 unspecified atom stereocenters. The monoisotopic (exact) mass is 250 g/mol. The smallest absolute Gasteiger partial charge is 0.264 e. The summed E-state index contributed by atoms with van der Waals surface area (Å²) in [6.07, 6.45) is 0.992. The lowest BCUT2D eigenvalue weighted by Crippen LogP contribution is -2.11. The first-order valence-corrected chi connectivity index (χ1v) is 6.39. The first-order chi connectivity index (χ1) is 6.97. The van der Waals surface area contributed by atoms with E-state index in [4.69, 9.17) is 16.3 Å². The van der Waals surface area contributed by atoms with Crippen LogP contribution in [0.5, 0.6) is 5.75 Å². The van der Waals surface area contributed by atoms with Crippen molar-refractivity contribution in [1.82, 2.24) is 0 Å². The summed E-state index contributed by atoms with van der Waals surface area (Å²) in [5, 5.41) is 0.566. The molecule has 0 bridgehead atoms. The van der Waals surface area contributed by atoms with Gasteiger partial charge in [0.05, 0.1) is 6.26 Å². The second-order valence-electron chi connectivity index (χ2n) is 2.83. The topological polar surface area (TPSA) is 52.6 Å². The zero-order valence-corrected chi connectivity index (χ0v) is 9.72. The van der Waals surface area contributed by atoms with E-state index in [0.29, 0.717) is 10.8 Å². The summed E-state index contributed by atoms with van der Waals surface area (Å²) in [5.74, 6) is 0.583. The van der Waals surface area contributed by atoms with Crippen LogP contribution in [0.25, 0.3) is 0 Å². The van der Waals surface area contributed by atoms with Gasteiger partial charge in [0.2, 0.25) is 0 Å². The Balaban J connectivity index is 2.32. The lowest BCUT2D eigenvalue weighted by molar-refractivity contribution is 0.222. The molecule has 0 saturated heterocycles. The fourth-order valence-corrected chi connectivity index (χ4v) is 1.45. The molecule has 1 aromatic rings. The summed E-state index contributed by atoms with van der Waals surface area (Å²) in [4.78, 5) is 0. The molecule has 4 nitrogen and oxygen atoms in total. The van der Waals surface area contributed by atoms with Gasteiger partial charge in [0.1, 0.15) is 19.0 Å². The minimum atomic E-state index is -3.39. The third-order valence-electron chi connectivity index (χ3n) is 1.45. The zero-order chi connectivity index (χ0) is 11.3. The van der Waals surface area contributed by atoms with Gasteiger partial charge in [0.25, 0.3) is 10.1 Å². The maximum absolute atomic E-state index is 10.6. The molecule has 0 spiro atoms. The van der Waals surface area contributed by atoms with Gasteiger partial charge in [-0.2, -0.15) is 8.42 Å². The van der Waals surface area contributed by atoms with Crippen molar-refractivity contribution in [2.75, 3.05) is 19.5 Å². The van der Waals surface area contributed by atoms with E-state index in [2.05, 4.69) is 4.18 Å². The number of hydrogen-bond donors (Lipinski definition) is 0. The first-order valence-electron chi connectivity index (χ1n) is 4.20. The Labute approximate surface area is 93.9 Å². The van der Waals surface area contributed by atoms with E-state index in [1.807, 2.05) is 0 Å². The van der Waals surface area contributed by atoms with Gasteiger partial charge in [-0.05, 0) is 18.2 Å². The Kier molecular flexibility index (Phi) is 4.38. The van der Waals surface area contributed by atoms with Crippen molar-refractivity contribution in [3.63, 3.8) is 0 Å². The Morgan fingerprint density at radius 3 is 2.67 bits per heavy atom. The van der Waals surface area contributed by atoms with E-state index in [-0.39, 0.29) is 13.2 Å². The maximum atomic E-state index is 10.6. The molecule has 0 heterocycles. The van der Waals surface area contributed by atoms with E-state index < -0.39 is 10.1 Å². The van der Waals surface area contributed by atoms with E-state index in [9.17, 15) is 8.42 Å².